The fourth-order valence-electron chi connectivity index (χ4n) is 2.75. The van der Waals surface area contributed by atoms with Gasteiger partial charge in [0.15, 0.2) is 0 Å². The number of carbonyl (C=O) groups excluding carboxylic acids is 1. The van der Waals surface area contributed by atoms with Crippen LogP contribution in [0.3, 0.4) is 0 Å². The highest BCUT2D eigenvalue weighted by Gasteiger charge is 2.17. The number of nitrogens with two attached hydrogens (primary N) is 1. The molecule has 1 saturated heterocycles. The number of nitrogens with zero attached hydrogens (tertiary/aromatic N) is 1. The lowest BCUT2D eigenvalue weighted by Gasteiger charge is -2.29. The highest BCUT2D eigenvalue weighted by Crippen LogP contribution is 2.09. The van der Waals surface area contributed by atoms with Gasteiger partial charge in [0.25, 0.3) is 0 Å². The van der Waals surface area contributed by atoms with Crippen molar-refractivity contribution in [1.82, 2.24) is 10.2 Å². The first kappa shape index (κ1) is 16.9. The maximum atomic E-state index is 12.0. The molecule has 0 bridgehead atoms. The van der Waals surface area contributed by atoms with E-state index in [0.29, 0.717) is 13.0 Å². The number of rotatable bonds is 7. The van der Waals surface area contributed by atoms with Crippen LogP contribution in [0.2, 0.25) is 0 Å². The summed E-state index contributed by atoms with van der Waals surface area (Å²) in [6.07, 6.45) is 3.06. The summed E-state index contributed by atoms with van der Waals surface area (Å²) in [5.74, 6) is -0.0853. The van der Waals surface area contributed by atoms with Gasteiger partial charge in [-0.3, -0.25) is 4.79 Å². The third-order valence-corrected chi connectivity index (χ3v) is 4.14. The van der Waals surface area contributed by atoms with E-state index in [1.807, 2.05) is 30.3 Å². The van der Waals surface area contributed by atoms with Gasteiger partial charge in [-0.2, -0.15) is 0 Å². The van der Waals surface area contributed by atoms with Crippen LogP contribution < -0.4 is 11.1 Å². The summed E-state index contributed by atoms with van der Waals surface area (Å²) in [4.78, 5) is 14.3. The lowest BCUT2D eigenvalue weighted by atomic mass is 10.1. The molecule has 4 N–H and O–H groups in total. The molecule has 1 aliphatic heterocycles. The number of carbonyl (C=O) groups is 1. The van der Waals surface area contributed by atoms with E-state index in [1.54, 1.807) is 0 Å². The number of aliphatic hydroxyl groups is 1. The Hall–Kier alpha value is -1.43. The summed E-state index contributed by atoms with van der Waals surface area (Å²) in [5.41, 5.74) is 7.02. The molecule has 1 atom stereocenters. The van der Waals surface area contributed by atoms with Gasteiger partial charge in [0, 0.05) is 19.6 Å². The number of aliphatic hydroxyl groups excluding tert-OH is 1. The largest absolute Gasteiger partial charge is 0.393 e. The Morgan fingerprint density at radius 3 is 2.68 bits per heavy atom. The molecule has 2 rings (SSSR count). The fourth-order valence-corrected chi connectivity index (χ4v) is 2.75. The normalized spacial score (nSPS) is 18.1. The molecule has 0 aromatic heterocycles. The summed E-state index contributed by atoms with van der Waals surface area (Å²) < 4.78 is 0. The number of likely N-dealkylation sites (tertiary alicyclic amines) is 1. The molecule has 0 radical (unpaired) electrons. The second-order valence-electron chi connectivity index (χ2n) is 6.01. The molecule has 0 aliphatic carbocycles. The first-order chi connectivity index (χ1) is 10.6. The molecular weight excluding hydrogens is 278 g/mol. The smallest absolute Gasteiger partial charge is 0.237 e. The van der Waals surface area contributed by atoms with Gasteiger partial charge in [0.05, 0.1) is 12.1 Å². The van der Waals surface area contributed by atoms with E-state index < -0.39 is 6.04 Å². The van der Waals surface area contributed by atoms with Crippen molar-refractivity contribution in [3.63, 3.8) is 0 Å². The minimum Gasteiger partial charge on any atom is -0.393 e. The van der Waals surface area contributed by atoms with Gasteiger partial charge in [0.2, 0.25) is 5.91 Å². The molecule has 122 valence electrons. The first-order valence-corrected chi connectivity index (χ1v) is 8.13. The Bertz CT molecular complexity index is 444. The molecule has 1 aliphatic rings. The zero-order valence-corrected chi connectivity index (χ0v) is 13.1. The average Bonchev–Trinajstić information content (AvgIpc) is 2.54. The Labute approximate surface area is 132 Å². The molecule has 1 fully saturated rings. The number of hydrogen-bond donors (Lipinski definition) is 3. The molecule has 1 amide bonds. The highest BCUT2D eigenvalue weighted by atomic mass is 16.3. The Morgan fingerprint density at radius 1 is 1.32 bits per heavy atom. The van der Waals surface area contributed by atoms with E-state index in [0.717, 1.165) is 44.5 Å². The first-order valence-electron chi connectivity index (χ1n) is 8.13. The van der Waals surface area contributed by atoms with E-state index >= 15 is 0 Å². The van der Waals surface area contributed by atoms with Crippen LogP contribution in [-0.4, -0.2) is 54.2 Å². The average molecular weight is 305 g/mol. The summed E-state index contributed by atoms with van der Waals surface area (Å²) in [7, 11) is 0. The number of nitrogens with one attached hydrogen (secondary N) is 1. The van der Waals surface area contributed by atoms with Crippen LogP contribution >= 0.6 is 0 Å². The zero-order valence-electron chi connectivity index (χ0n) is 13.1. The SMILES string of the molecule is NC(Cc1ccccc1)C(=O)NCCCN1CCC(O)CC1. The van der Waals surface area contributed by atoms with Crippen LogP contribution in [0, 0.1) is 0 Å². The summed E-state index contributed by atoms with van der Waals surface area (Å²) >= 11 is 0. The summed E-state index contributed by atoms with van der Waals surface area (Å²) in [6, 6.07) is 9.34. The summed E-state index contributed by atoms with van der Waals surface area (Å²) in [5, 5.41) is 12.4. The molecule has 1 aromatic rings. The number of hydrogen-bond acceptors (Lipinski definition) is 4. The van der Waals surface area contributed by atoms with Crippen molar-refractivity contribution in [2.24, 2.45) is 5.73 Å². The zero-order chi connectivity index (χ0) is 15.8. The molecule has 5 nitrogen and oxygen atoms in total. The van der Waals surface area contributed by atoms with Gasteiger partial charge in [-0.15, -0.1) is 0 Å². The quantitative estimate of drug-likeness (QED) is 0.642. The summed E-state index contributed by atoms with van der Waals surface area (Å²) in [6.45, 7) is 3.51. The van der Waals surface area contributed by atoms with Gasteiger partial charge in [-0.05, 0) is 37.8 Å². The number of amides is 1. The van der Waals surface area contributed by atoms with Crippen LogP contribution in [0.15, 0.2) is 30.3 Å². The monoisotopic (exact) mass is 305 g/mol. The maximum absolute atomic E-state index is 12.0. The standard InChI is InChI=1S/C17H27N3O2/c18-16(13-14-5-2-1-3-6-14)17(22)19-9-4-10-20-11-7-15(21)8-12-20/h1-3,5-6,15-16,21H,4,7-13,18H2,(H,19,22). The molecule has 22 heavy (non-hydrogen) atoms. The van der Waals surface area contributed by atoms with Crippen molar-refractivity contribution in [3.05, 3.63) is 35.9 Å². The Kier molecular flexibility index (Phi) is 6.83. The molecule has 0 saturated carbocycles. The minimum absolute atomic E-state index is 0.0853. The molecular formula is C17H27N3O2. The van der Waals surface area contributed by atoms with E-state index in [-0.39, 0.29) is 12.0 Å². The topological polar surface area (TPSA) is 78.6 Å². The maximum Gasteiger partial charge on any atom is 0.237 e. The van der Waals surface area contributed by atoms with Crippen molar-refractivity contribution < 1.29 is 9.90 Å². The lowest BCUT2D eigenvalue weighted by molar-refractivity contribution is -0.122. The van der Waals surface area contributed by atoms with Gasteiger partial charge >= 0.3 is 0 Å². The molecule has 1 heterocycles. The van der Waals surface area contributed by atoms with Crippen molar-refractivity contribution in [3.8, 4) is 0 Å². The van der Waals surface area contributed by atoms with Crippen molar-refractivity contribution in [2.45, 2.75) is 37.8 Å². The van der Waals surface area contributed by atoms with Crippen molar-refractivity contribution >= 4 is 5.91 Å². The third kappa shape index (κ3) is 5.75. The van der Waals surface area contributed by atoms with Gasteiger partial charge in [-0.25, -0.2) is 0 Å². The molecule has 1 unspecified atom stereocenters. The lowest BCUT2D eigenvalue weighted by Crippen LogP contribution is -2.43. The minimum atomic E-state index is -0.493. The predicted molar refractivity (Wildman–Crippen MR) is 87.4 cm³/mol. The second-order valence-corrected chi connectivity index (χ2v) is 6.01. The Morgan fingerprint density at radius 2 is 2.00 bits per heavy atom. The van der Waals surface area contributed by atoms with Crippen LogP contribution in [0.4, 0.5) is 0 Å². The molecule has 0 spiro atoms. The molecule has 1 aromatic carbocycles. The third-order valence-electron chi connectivity index (χ3n) is 4.14. The van der Waals surface area contributed by atoms with Crippen molar-refractivity contribution in [1.29, 1.82) is 0 Å². The van der Waals surface area contributed by atoms with E-state index in [4.69, 9.17) is 5.73 Å². The van der Waals surface area contributed by atoms with Crippen LogP contribution in [-0.2, 0) is 11.2 Å². The van der Waals surface area contributed by atoms with Crippen LogP contribution in [0.5, 0.6) is 0 Å². The highest BCUT2D eigenvalue weighted by molar-refractivity contribution is 5.81. The van der Waals surface area contributed by atoms with E-state index in [1.165, 1.54) is 0 Å². The van der Waals surface area contributed by atoms with Crippen LogP contribution in [0.25, 0.3) is 0 Å². The van der Waals surface area contributed by atoms with Crippen LogP contribution in [0.1, 0.15) is 24.8 Å². The number of benzene rings is 1. The van der Waals surface area contributed by atoms with Gasteiger partial charge < -0.3 is 21.1 Å². The van der Waals surface area contributed by atoms with E-state index in [9.17, 15) is 9.90 Å². The van der Waals surface area contributed by atoms with E-state index in [2.05, 4.69) is 10.2 Å². The second kappa shape index (κ2) is 8.88. The predicted octanol–water partition coefficient (Wildman–Crippen LogP) is 0.519. The molecule has 5 heteroatoms. The van der Waals surface area contributed by atoms with Gasteiger partial charge in [0.1, 0.15) is 0 Å². The number of piperidine rings is 1. The van der Waals surface area contributed by atoms with Crippen molar-refractivity contribution in [2.75, 3.05) is 26.2 Å². The Balaban J connectivity index is 1.59. The van der Waals surface area contributed by atoms with Gasteiger partial charge in [-0.1, -0.05) is 30.3 Å². The fraction of sp³-hybridized carbons (Fsp3) is 0.588.